The summed E-state index contributed by atoms with van der Waals surface area (Å²) in [6.45, 7) is 0.712. The molecule has 0 aliphatic heterocycles. The van der Waals surface area contributed by atoms with E-state index in [0.29, 0.717) is 6.54 Å². The minimum absolute atomic E-state index is 0.249. The first-order valence-corrected chi connectivity index (χ1v) is 24.3. The molecule has 0 amide bonds. The number of allylic oxidation sites excluding steroid dienone is 10. The molecule has 3 aliphatic rings. The van der Waals surface area contributed by atoms with Crippen molar-refractivity contribution in [2.45, 2.75) is 51.4 Å². The monoisotopic (exact) mass is 866 g/mol. The molecule has 0 aromatic heterocycles. The van der Waals surface area contributed by atoms with Crippen molar-refractivity contribution in [1.82, 2.24) is 0 Å². The van der Waals surface area contributed by atoms with Crippen molar-refractivity contribution in [2.75, 3.05) is 6.54 Å². The van der Waals surface area contributed by atoms with E-state index in [2.05, 4.69) is 225 Å². The van der Waals surface area contributed by atoms with E-state index in [4.69, 9.17) is 10.7 Å². The summed E-state index contributed by atoms with van der Waals surface area (Å²) in [5.41, 5.74) is 28.1. The molecule has 7 aromatic rings. The molecule has 2 nitrogen and oxygen atoms in total. The van der Waals surface area contributed by atoms with Crippen molar-refractivity contribution in [2.24, 2.45) is 16.6 Å². The van der Waals surface area contributed by atoms with E-state index in [-0.39, 0.29) is 5.92 Å². The number of nitrogens with two attached hydrogens (primary N) is 1. The van der Waals surface area contributed by atoms with E-state index >= 15 is 0 Å². The molecule has 67 heavy (non-hydrogen) atoms. The molecule has 1 atom stereocenters. The van der Waals surface area contributed by atoms with Crippen molar-refractivity contribution in [3.05, 3.63) is 252 Å². The Morgan fingerprint density at radius 1 is 0.507 bits per heavy atom. The van der Waals surface area contributed by atoms with Gasteiger partial charge < -0.3 is 5.73 Å². The molecule has 0 spiro atoms. The van der Waals surface area contributed by atoms with Gasteiger partial charge in [-0.05, 0) is 141 Å². The first kappa shape index (κ1) is 43.3. The van der Waals surface area contributed by atoms with Crippen LogP contribution in [-0.4, -0.2) is 12.3 Å². The van der Waals surface area contributed by atoms with Crippen LogP contribution in [0.1, 0.15) is 68.1 Å². The number of rotatable bonds is 12. The second-order valence-electron chi connectivity index (χ2n) is 18.0. The van der Waals surface area contributed by atoms with Crippen LogP contribution in [0.15, 0.2) is 241 Å². The number of nitrogens with zero attached hydrogens (tertiary/aromatic N) is 1. The standard InChI is InChI=1S/C65H58N2/c66-64(49-28-9-3-10-29-49)45-65(67-46-47-24-5-1-6-25-47)51-31-23-30-50(44-51)53-33-14-16-37-55(53)57-39-18-20-41-61(57)58-34-11-4-12-35-59(58)62-42-21-22-43-63(62)60-40-19-17-38-56(60)54-36-15-13-32-52(54)48-26-7-2-8-27-48/h2,4,7-9,12-24,26-28,30-45,49H,1,3,5-6,10-11,25,29,46,66H2/b64-45-,67-65?. The van der Waals surface area contributed by atoms with Gasteiger partial charge in [0.15, 0.2) is 0 Å². The van der Waals surface area contributed by atoms with Gasteiger partial charge >= 0.3 is 0 Å². The molecule has 1 unspecified atom stereocenters. The summed E-state index contributed by atoms with van der Waals surface area (Å²) in [5.74, 6) is 0.249. The van der Waals surface area contributed by atoms with Gasteiger partial charge in [0.05, 0.1) is 12.3 Å². The maximum atomic E-state index is 6.90. The van der Waals surface area contributed by atoms with Crippen molar-refractivity contribution in [3.8, 4) is 55.6 Å². The first-order valence-electron chi connectivity index (χ1n) is 24.3. The minimum atomic E-state index is 0.249. The maximum absolute atomic E-state index is 6.90. The molecule has 10 rings (SSSR count). The average Bonchev–Trinajstić information content (AvgIpc) is 3.67. The fourth-order valence-corrected chi connectivity index (χ4v) is 10.2. The van der Waals surface area contributed by atoms with Crippen LogP contribution < -0.4 is 5.73 Å². The maximum Gasteiger partial charge on any atom is 0.0668 e. The first-order chi connectivity index (χ1) is 33.2. The third kappa shape index (κ3) is 9.72. The third-order valence-electron chi connectivity index (χ3n) is 13.6. The zero-order valence-electron chi connectivity index (χ0n) is 38.3. The third-order valence-corrected chi connectivity index (χ3v) is 13.6. The van der Waals surface area contributed by atoms with Crippen molar-refractivity contribution >= 4 is 16.9 Å². The minimum Gasteiger partial charge on any atom is -0.401 e. The topological polar surface area (TPSA) is 38.4 Å². The highest BCUT2D eigenvalue weighted by Gasteiger charge is 2.22. The van der Waals surface area contributed by atoms with Gasteiger partial charge in [-0.2, -0.15) is 0 Å². The Labute approximate surface area is 397 Å². The highest BCUT2D eigenvalue weighted by atomic mass is 14.7. The van der Waals surface area contributed by atoms with E-state index in [9.17, 15) is 0 Å². The SMILES string of the molecule is N/C(=C\C(=NCC1=CCCCC1)c1cccc(-c2ccccc2-c2ccccc2C2=CCC=CC=C2c2ccccc2-c2ccccc2-c2ccccc2-c2ccccc2)c1)C1C=CCCC1. The highest BCUT2D eigenvalue weighted by molar-refractivity contribution is 6.13. The lowest BCUT2D eigenvalue weighted by atomic mass is 9.82. The molecular formula is C65H58N2. The zero-order chi connectivity index (χ0) is 45.2. The molecule has 7 aromatic carbocycles. The Balaban J connectivity index is 1.05. The Morgan fingerprint density at radius 3 is 1.67 bits per heavy atom. The van der Waals surface area contributed by atoms with E-state index in [1.54, 1.807) is 0 Å². The molecule has 0 heterocycles. The van der Waals surface area contributed by atoms with Crippen molar-refractivity contribution in [1.29, 1.82) is 0 Å². The molecular weight excluding hydrogens is 809 g/mol. The van der Waals surface area contributed by atoms with E-state index in [0.717, 1.165) is 61.1 Å². The van der Waals surface area contributed by atoms with Crippen LogP contribution in [0.3, 0.4) is 0 Å². The number of hydrogen-bond acceptors (Lipinski definition) is 2. The normalized spacial score (nSPS) is 16.5. The van der Waals surface area contributed by atoms with Gasteiger partial charge in [0.2, 0.25) is 0 Å². The summed E-state index contributed by atoms with van der Waals surface area (Å²) < 4.78 is 0. The Hall–Kier alpha value is -7.55. The second-order valence-corrected chi connectivity index (χ2v) is 18.0. The van der Waals surface area contributed by atoms with Crippen LogP contribution in [0, 0.1) is 5.92 Å². The quantitative estimate of drug-likeness (QED) is 0.0964. The lowest BCUT2D eigenvalue weighted by molar-refractivity contribution is 0.601. The van der Waals surface area contributed by atoms with Gasteiger partial charge in [-0.3, -0.25) is 4.99 Å². The van der Waals surface area contributed by atoms with E-state index in [1.165, 1.54) is 90.8 Å². The van der Waals surface area contributed by atoms with Crippen LogP contribution in [0.25, 0.3) is 66.8 Å². The van der Waals surface area contributed by atoms with E-state index in [1.807, 2.05) is 0 Å². The number of hydrogen-bond donors (Lipinski definition) is 1. The average molecular weight is 867 g/mol. The predicted octanol–water partition coefficient (Wildman–Crippen LogP) is 16.9. The molecule has 328 valence electrons. The Kier molecular flexibility index (Phi) is 13.4. The van der Waals surface area contributed by atoms with Crippen molar-refractivity contribution in [3.63, 3.8) is 0 Å². The molecule has 0 saturated heterocycles. The lowest BCUT2D eigenvalue weighted by Crippen LogP contribution is -2.14. The second kappa shape index (κ2) is 20.7. The van der Waals surface area contributed by atoms with Gasteiger partial charge in [-0.15, -0.1) is 0 Å². The van der Waals surface area contributed by atoms with Gasteiger partial charge in [-0.1, -0.05) is 218 Å². The molecule has 3 aliphatic carbocycles. The van der Waals surface area contributed by atoms with Gasteiger partial charge in [0.25, 0.3) is 0 Å². The Morgan fingerprint density at radius 2 is 1.06 bits per heavy atom. The predicted molar refractivity (Wildman–Crippen MR) is 286 cm³/mol. The van der Waals surface area contributed by atoms with Gasteiger partial charge in [-0.25, -0.2) is 0 Å². The summed E-state index contributed by atoms with van der Waals surface area (Å²) in [6, 6.07) is 64.1. The van der Waals surface area contributed by atoms with Gasteiger partial charge in [0, 0.05) is 17.2 Å². The zero-order valence-corrected chi connectivity index (χ0v) is 38.3. The van der Waals surface area contributed by atoms with Crippen LogP contribution in [0.4, 0.5) is 0 Å². The summed E-state index contributed by atoms with van der Waals surface area (Å²) in [4.78, 5) is 5.31. The van der Waals surface area contributed by atoms with Crippen LogP contribution in [0.5, 0.6) is 0 Å². The number of aliphatic imine (C=N–C) groups is 1. The summed E-state index contributed by atoms with van der Waals surface area (Å²) in [6.07, 6.45) is 27.3. The molecule has 0 bridgehead atoms. The fraction of sp³-hybridized carbons (Fsp3) is 0.154. The van der Waals surface area contributed by atoms with E-state index < -0.39 is 0 Å². The lowest BCUT2D eigenvalue weighted by Gasteiger charge is -2.22. The van der Waals surface area contributed by atoms with Crippen LogP contribution >= 0.6 is 0 Å². The fourth-order valence-electron chi connectivity index (χ4n) is 10.2. The summed E-state index contributed by atoms with van der Waals surface area (Å²) in [5, 5.41) is 0. The molecule has 2 N–H and O–H groups in total. The number of benzene rings is 7. The van der Waals surface area contributed by atoms with Crippen LogP contribution in [0.2, 0.25) is 0 Å². The largest absolute Gasteiger partial charge is 0.401 e. The molecule has 0 radical (unpaired) electrons. The molecule has 0 saturated carbocycles. The van der Waals surface area contributed by atoms with Crippen molar-refractivity contribution < 1.29 is 0 Å². The molecule has 2 heteroatoms. The molecule has 0 fully saturated rings. The van der Waals surface area contributed by atoms with Crippen LogP contribution in [-0.2, 0) is 0 Å². The summed E-state index contributed by atoms with van der Waals surface area (Å²) in [7, 11) is 0. The highest BCUT2D eigenvalue weighted by Crippen LogP contribution is 2.46. The summed E-state index contributed by atoms with van der Waals surface area (Å²) >= 11 is 0. The van der Waals surface area contributed by atoms with Gasteiger partial charge in [0.1, 0.15) is 0 Å². The Bertz CT molecular complexity index is 3110. The smallest absolute Gasteiger partial charge is 0.0668 e.